The predicted molar refractivity (Wildman–Crippen MR) is 131 cm³/mol. The third kappa shape index (κ3) is 4.87. The molecule has 1 N–H and O–H groups in total. The zero-order valence-electron chi connectivity index (χ0n) is 19.3. The van der Waals surface area contributed by atoms with Gasteiger partial charge in [0.15, 0.2) is 11.4 Å². The number of piperazine rings is 1. The minimum absolute atomic E-state index is 0.589. The molecular formula is C27H34N4O2. The van der Waals surface area contributed by atoms with E-state index in [1.54, 1.807) is 0 Å². The van der Waals surface area contributed by atoms with Crippen LogP contribution >= 0.6 is 0 Å². The van der Waals surface area contributed by atoms with E-state index in [1.165, 1.54) is 31.2 Å². The van der Waals surface area contributed by atoms with E-state index in [0.717, 1.165) is 74.3 Å². The molecule has 3 aliphatic rings. The van der Waals surface area contributed by atoms with Crippen molar-refractivity contribution in [1.82, 2.24) is 15.4 Å². The Kier molecular flexibility index (Phi) is 5.95. The van der Waals surface area contributed by atoms with Gasteiger partial charge < -0.3 is 19.5 Å². The second-order valence-corrected chi connectivity index (χ2v) is 10.1. The zero-order valence-corrected chi connectivity index (χ0v) is 19.3. The number of ether oxygens (including phenoxy) is 1. The second kappa shape index (κ2) is 9.35. The fourth-order valence-corrected chi connectivity index (χ4v) is 5.39. The fourth-order valence-electron chi connectivity index (χ4n) is 5.39. The summed E-state index contributed by atoms with van der Waals surface area (Å²) >= 11 is 0. The van der Waals surface area contributed by atoms with Crippen molar-refractivity contribution in [1.29, 1.82) is 0 Å². The number of anilines is 1. The number of fused-ring (bicyclic) bond motifs is 2. The molecule has 2 atom stereocenters. The van der Waals surface area contributed by atoms with Crippen LogP contribution in [0.25, 0.3) is 11.0 Å². The summed E-state index contributed by atoms with van der Waals surface area (Å²) in [5.41, 5.74) is 2.19. The van der Waals surface area contributed by atoms with Gasteiger partial charge in [0, 0.05) is 44.7 Å². The van der Waals surface area contributed by atoms with Gasteiger partial charge >= 0.3 is 0 Å². The molecule has 174 valence electrons. The molecule has 33 heavy (non-hydrogen) atoms. The highest BCUT2D eigenvalue weighted by Crippen LogP contribution is 2.31. The molecule has 3 heterocycles. The van der Waals surface area contributed by atoms with Crippen LogP contribution in [-0.2, 0) is 6.54 Å². The van der Waals surface area contributed by atoms with Gasteiger partial charge in [0.25, 0.3) is 0 Å². The van der Waals surface area contributed by atoms with Crippen molar-refractivity contribution in [2.45, 2.75) is 38.3 Å². The summed E-state index contributed by atoms with van der Waals surface area (Å²) in [5.74, 6) is 3.52. The van der Waals surface area contributed by atoms with Gasteiger partial charge in [-0.1, -0.05) is 29.4 Å². The van der Waals surface area contributed by atoms with Crippen LogP contribution in [0, 0.1) is 11.8 Å². The normalized spacial score (nSPS) is 23.6. The van der Waals surface area contributed by atoms with E-state index >= 15 is 0 Å². The largest absolute Gasteiger partial charge is 0.493 e. The Hall–Kier alpha value is -2.57. The van der Waals surface area contributed by atoms with Crippen LogP contribution in [0.5, 0.6) is 5.75 Å². The number of piperidine rings is 1. The van der Waals surface area contributed by atoms with Crippen LogP contribution in [0.1, 0.15) is 31.2 Å². The number of nitrogens with zero attached hydrogens (tertiary/aromatic N) is 3. The summed E-state index contributed by atoms with van der Waals surface area (Å²) in [6.45, 7) is 7.11. The maximum Gasteiger partial charge on any atom is 0.180 e. The molecule has 1 aromatic heterocycles. The number of nitrogens with one attached hydrogen (secondary N) is 1. The molecule has 0 amide bonds. The summed E-state index contributed by atoms with van der Waals surface area (Å²) in [6, 6.07) is 17.4. The molecule has 6 rings (SSSR count). The smallest absolute Gasteiger partial charge is 0.180 e. The van der Waals surface area contributed by atoms with Gasteiger partial charge in [-0.05, 0) is 68.0 Å². The van der Waals surface area contributed by atoms with Crippen LogP contribution in [0.2, 0.25) is 0 Å². The standard InChI is InChI=1S/C27H34N4O2/c1-2-7-26-25(6-1)27(29-33-26)31-13-12-30-17-22(10-11-23(30)18-31)19-32-24-5-3-4-21(14-24)16-28-15-20-8-9-20/h1-7,14,20,22-23,28H,8-13,15-19H2/t22-,23-/m0/s1. The predicted octanol–water partition coefficient (Wildman–Crippen LogP) is 4.31. The van der Waals surface area contributed by atoms with Gasteiger partial charge in [-0.25, -0.2) is 0 Å². The average Bonchev–Trinajstić information content (AvgIpc) is 3.58. The first-order valence-electron chi connectivity index (χ1n) is 12.6. The molecule has 0 bridgehead atoms. The highest BCUT2D eigenvalue weighted by atomic mass is 16.5. The lowest BCUT2D eigenvalue weighted by Crippen LogP contribution is -2.57. The summed E-state index contributed by atoms with van der Waals surface area (Å²) in [4.78, 5) is 5.07. The lowest BCUT2D eigenvalue weighted by Gasteiger charge is -2.46. The lowest BCUT2D eigenvalue weighted by atomic mass is 9.91. The summed E-state index contributed by atoms with van der Waals surface area (Å²) < 4.78 is 11.8. The molecule has 1 saturated carbocycles. The van der Waals surface area contributed by atoms with E-state index < -0.39 is 0 Å². The van der Waals surface area contributed by atoms with Crippen molar-refractivity contribution in [2.75, 3.05) is 44.2 Å². The minimum atomic E-state index is 0.589. The van der Waals surface area contributed by atoms with Crippen molar-refractivity contribution < 1.29 is 9.26 Å². The van der Waals surface area contributed by atoms with E-state index in [-0.39, 0.29) is 0 Å². The van der Waals surface area contributed by atoms with Gasteiger partial charge in [0.1, 0.15) is 5.75 Å². The molecule has 3 aromatic rings. The zero-order chi connectivity index (χ0) is 22.0. The maximum absolute atomic E-state index is 6.25. The molecule has 2 saturated heterocycles. The maximum atomic E-state index is 6.25. The Morgan fingerprint density at radius 1 is 0.970 bits per heavy atom. The Morgan fingerprint density at radius 2 is 1.88 bits per heavy atom. The minimum Gasteiger partial charge on any atom is -0.493 e. The van der Waals surface area contributed by atoms with Gasteiger partial charge in [0.2, 0.25) is 0 Å². The van der Waals surface area contributed by atoms with Crippen LogP contribution in [-0.4, -0.2) is 55.4 Å². The van der Waals surface area contributed by atoms with Gasteiger partial charge in [-0.15, -0.1) is 0 Å². The molecule has 2 aromatic carbocycles. The van der Waals surface area contributed by atoms with Crippen molar-refractivity contribution >= 4 is 16.8 Å². The van der Waals surface area contributed by atoms with E-state index in [4.69, 9.17) is 9.26 Å². The Morgan fingerprint density at radius 3 is 2.82 bits per heavy atom. The van der Waals surface area contributed by atoms with Crippen LogP contribution < -0.4 is 15.0 Å². The molecule has 0 spiro atoms. The Balaban J connectivity index is 0.999. The molecule has 1 aliphatic carbocycles. The van der Waals surface area contributed by atoms with Gasteiger partial charge in [-0.3, -0.25) is 4.90 Å². The summed E-state index contributed by atoms with van der Waals surface area (Å²) in [5, 5.41) is 9.08. The monoisotopic (exact) mass is 446 g/mol. The number of benzene rings is 2. The Labute approximate surface area is 195 Å². The second-order valence-electron chi connectivity index (χ2n) is 10.1. The van der Waals surface area contributed by atoms with Crippen molar-refractivity contribution in [3.8, 4) is 5.75 Å². The number of para-hydroxylation sites is 1. The molecule has 0 unspecified atom stereocenters. The first-order valence-corrected chi connectivity index (χ1v) is 12.6. The van der Waals surface area contributed by atoms with Crippen molar-refractivity contribution in [3.63, 3.8) is 0 Å². The number of hydrogen-bond donors (Lipinski definition) is 1. The van der Waals surface area contributed by atoms with Crippen LogP contribution in [0.3, 0.4) is 0 Å². The van der Waals surface area contributed by atoms with E-state index in [9.17, 15) is 0 Å². The van der Waals surface area contributed by atoms with E-state index in [2.05, 4.69) is 56.7 Å². The molecule has 6 heteroatoms. The van der Waals surface area contributed by atoms with Gasteiger partial charge in [0.05, 0.1) is 12.0 Å². The molecule has 0 radical (unpaired) electrons. The third-order valence-electron chi connectivity index (χ3n) is 7.51. The van der Waals surface area contributed by atoms with Gasteiger partial charge in [-0.2, -0.15) is 0 Å². The SMILES string of the molecule is c1cc(CNCC2CC2)cc(OC[C@H]2CC[C@H]3CN(c4noc5ccccc45)CCN3C2)c1. The first kappa shape index (κ1) is 21.0. The molecule has 2 aliphatic heterocycles. The summed E-state index contributed by atoms with van der Waals surface area (Å²) in [7, 11) is 0. The topological polar surface area (TPSA) is 53.8 Å². The van der Waals surface area contributed by atoms with Crippen molar-refractivity contribution in [3.05, 3.63) is 54.1 Å². The molecular weight excluding hydrogens is 412 g/mol. The van der Waals surface area contributed by atoms with E-state index in [1.807, 2.05) is 12.1 Å². The number of hydrogen-bond acceptors (Lipinski definition) is 6. The molecule has 6 nitrogen and oxygen atoms in total. The quantitative estimate of drug-likeness (QED) is 0.557. The summed E-state index contributed by atoms with van der Waals surface area (Å²) in [6.07, 6.45) is 5.22. The van der Waals surface area contributed by atoms with Crippen molar-refractivity contribution in [2.24, 2.45) is 11.8 Å². The van der Waals surface area contributed by atoms with Crippen LogP contribution in [0.4, 0.5) is 5.82 Å². The Bertz CT molecular complexity index is 1080. The fraction of sp³-hybridized carbons (Fsp3) is 0.519. The third-order valence-corrected chi connectivity index (χ3v) is 7.51. The first-order chi connectivity index (χ1) is 16.3. The number of aromatic nitrogens is 1. The lowest BCUT2D eigenvalue weighted by molar-refractivity contribution is 0.0726. The number of rotatable bonds is 8. The average molecular weight is 447 g/mol. The van der Waals surface area contributed by atoms with E-state index in [0.29, 0.717) is 12.0 Å². The van der Waals surface area contributed by atoms with Crippen LogP contribution in [0.15, 0.2) is 53.1 Å². The molecule has 3 fully saturated rings. The highest BCUT2D eigenvalue weighted by molar-refractivity contribution is 5.88. The highest BCUT2D eigenvalue weighted by Gasteiger charge is 2.34.